The van der Waals surface area contributed by atoms with Gasteiger partial charge in [-0.05, 0) is 30.7 Å². The van der Waals surface area contributed by atoms with E-state index in [1.807, 2.05) is 19.1 Å². The van der Waals surface area contributed by atoms with Gasteiger partial charge in [-0.3, -0.25) is 9.78 Å². The van der Waals surface area contributed by atoms with Crippen LogP contribution in [0.25, 0.3) is 11.0 Å². The zero-order valence-electron chi connectivity index (χ0n) is 11.1. The Morgan fingerprint density at radius 2 is 2.14 bits per heavy atom. The summed E-state index contributed by atoms with van der Waals surface area (Å²) < 4.78 is 8.30. The molecule has 2 aromatic heterocycles. The molecule has 1 aromatic carbocycles. The maximum Gasteiger partial charge on any atom is 0.228 e. The molecule has 0 spiro atoms. The maximum atomic E-state index is 12.1. The van der Waals surface area contributed by atoms with Gasteiger partial charge in [0.15, 0.2) is 0 Å². The van der Waals surface area contributed by atoms with Crippen molar-refractivity contribution in [3.8, 4) is 0 Å². The van der Waals surface area contributed by atoms with E-state index in [-0.39, 0.29) is 12.3 Å². The number of anilines is 1. The minimum Gasteiger partial charge on any atom is -0.323 e. The molecular formula is C14H11ClN4OS. The fourth-order valence-corrected chi connectivity index (χ4v) is 2.66. The van der Waals surface area contributed by atoms with Crippen LogP contribution in [-0.2, 0) is 11.2 Å². The summed E-state index contributed by atoms with van der Waals surface area (Å²) >= 11 is 7.23. The summed E-state index contributed by atoms with van der Waals surface area (Å²) in [5.74, 6) is -0.164. The summed E-state index contributed by atoms with van der Waals surface area (Å²) in [5.41, 5.74) is 3.60. The van der Waals surface area contributed by atoms with E-state index in [0.717, 1.165) is 28.5 Å². The molecule has 1 amide bonds. The number of aromatic nitrogens is 3. The molecule has 0 saturated carbocycles. The van der Waals surface area contributed by atoms with Gasteiger partial charge in [-0.1, -0.05) is 17.7 Å². The number of pyridine rings is 1. The number of rotatable bonds is 3. The number of carbonyl (C=O) groups is 1. The summed E-state index contributed by atoms with van der Waals surface area (Å²) in [6.45, 7) is 1.90. The third kappa shape index (κ3) is 3.01. The number of fused-ring (bicyclic) bond motifs is 1. The number of hydrogen-bond acceptors (Lipinski definition) is 5. The fourth-order valence-electron chi connectivity index (χ4n) is 1.92. The quantitative estimate of drug-likeness (QED) is 0.805. The van der Waals surface area contributed by atoms with Crippen molar-refractivity contribution in [2.45, 2.75) is 13.3 Å². The van der Waals surface area contributed by atoms with Crippen LogP contribution in [0.1, 0.15) is 11.3 Å². The first-order valence-corrected chi connectivity index (χ1v) is 7.36. The van der Waals surface area contributed by atoms with Crippen molar-refractivity contribution in [3.63, 3.8) is 0 Å². The van der Waals surface area contributed by atoms with Crippen LogP contribution in [-0.4, -0.2) is 19.6 Å². The molecule has 1 N–H and O–H groups in total. The molecule has 0 bridgehead atoms. The van der Waals surface area contributed by atoms with E-state index in [1.165, 1.54) is 0 Å². The van der Waals surface area contributed by atoms with Crippen LogP contribution < -0.4 is 5.32 Å². The molecule has 3 rings (SSSR count). The first kappa shape index (κ1) is 13.9. The van der Waals surface area contributed by atoms with Crippen molar-refractivity contribution in [3.05, 3.63) is 46.7 Å². The lowest BCUT2D eigenvalue weighted by Crippen LogP contribution is -2.15. The Morgan fingerprint density at radius 3 is 2.90 bits per heavy atom. The molecule has 0 saturated heterocycles. The molecule has 0 atom stereocenters. The largest absolute Gasteiger partial charge is 0.323 e. The standard InChI is InChI=1S/C14H11ClN4OS/c1-8-2-3-9(7-16-8)6-12(20)17-13-10(15)4-5-11-14(13)19-21-18-11/h2-5,7H,6H2,1H3,(H,17,20). The molecule has 7 heteroatoms. The highest BCUT2D eigenvalue weighted by molar-refractivity contribution is 7.00. The Labute approximate surface area is 130 Å². The molecule has 5 nitrogen and oxygen atoms in total. The summed E-state index contributed by atoms with van der Waals surface area (Å²) in [7, 11) is 0. The van der Waals surface area contributed by atoms with Crippen LogP contribution in [0.15, 0.2) is 30.5 Å². The maximum absolute atomic E-state index is 12.1. The molecule has 2 heterocycles. The highest BCUT2D eigenvalue weighted by Gasteiger charge is 2.13. The lowest BCUT2D eigenvalue weighted by molar-refractivity contribution is -0.115. The van der Waals surface area contributed by atoms with Gasteiger partial charge in [-0.15, -0.1) is 0 Å². The van der Waals surface area contributed by atoms with E-state index in [9.17, 15) is 4.79 Å². The van der Waals surface area contributed by atoms with Crippen molar-refractivity contribution in [2.75, 3.05) is 5.32 Å². The van der Waals surface area contributed by atoms with Gasteiger partial charge in [0.2, 0.25) is 5.91 Å². The second-order valence-electron chi connectivity index (χ2n) is 4.59. The zero-order valence-corrected chi connectivity index (χ0v) is 12.7. The molecule has 21 heavy (non-hydrogen) atoms. The summed E-state index contributed by atoms with van der Waals surface area (Å²) in [4.78, 5) is 16.3. The predicted molar refractivity (Wildman–Crippen MR) is 83.7 cm³/mol. The Bertz CT molecular complexity index is 800. The number of aryl methyl sites for hydroxylation is 1. The smallest absolute Gasteiger partial charge is 0.228 e. The number of nitrogens with one attached hydrogen (secondary N) is 1. The molecular weight excluding hydrogens is 308 g/mol. The van der Waals surface area contributed by atoms with Gasteiger partial charge in [0.05, 0.1) is 28.9 Å². The number of benzene rings is 1. The Hall–Kier alpha value is -2.05. The molecule has 106 valence electrons. The fraction of sp³-hybridized carbons (Fsp3) is 0.143. The Balaban J connectivity index is 1.81. The molecule has 3 aromatic rings. The van der Waals surface area contributed by atoms with E-state index in [1.54, 1.807) is 18.3 Å². The van der Waals surface area contributed by atoms with E-state index in [2.05, 4.69) is 19.0 Å². The van der Waals surface area contributed by atoms with Crippen LogP contribution in [0.2, 0.25) is 5.02 Å². The normalized spacial score (nSPS) is 10.8. The van der Waals surface area contributed by atoms with Crippen LogP contribution in [0.5, 0.6) is 0 Å². The highest BCUT2D eigenvalue weighted by atomic mass is 35.5. The van der Waals surface area contributed by atoms with Crippen LogP contribution in [0.4, 0.5) is 5.69 Å². The first-order chi connectivity index (χ1) is 10.1. The highest BCUT2D eigenvalue weighted by Crippen LogP contribution is 2.29. The second-order valence-corrected chi connectivity index (χ2v) is 5.52. The van der Waals surface area contributed by atoms with Crippen molar-refractivity contribution >= 4 is 46.0 Å². The lowest BCUT2D eigenvalue weighted by Gasteiger charge is -2.07. The van der Waals surface area contributed by atoms with Gasteiger partial charge >= 0.3 is 0 Å². The van der Waals surface area contributed by atoms with Crippen molar-refractivity contribution in [2.24, 2.45) is 0 Å². The summed E-state index contributed by atoms with van der Waals surface area (Å²) in [6, 6.07) is 7.24. The third-order valence-electron chi connectivity index (χ3n) is 2.98. The number of halogens is 1. The van der Waals surface area contributed by atoms with Crippen molar-refractivity contribution in [1.82, 2.24) is 13.7 Å². The average molecular weight is 319 g/mol. The third-order valence-corrected chi connectivity index (χ3v) is 3.84. The van der Waals surface area contributed by atoms with E-state index < -0.39 is 0 Å². The van der Waals surface area contributed by atoms with Crippen LogP contribution >= 0.6 is 23.3 Å². The first-order valence-electron chi connectivity index (χ1n) is 6.25. The predicted octanol–water partition coefficient (Wildman–Crippen LogP) is 3.23. The van der Waals surface area contributed by atoms with E-state index in [0.29, 0.717) is 16.2 Å². The second kappa shape index (κ2) is 5.75. The summed E-state index contributed by atoms with van der Waals surface area (Å²) in [5, 5.41) is 3.26. The Morgan fingerprint density at radius 1 is 1.29 bits per heavy atom. The minimum absolute atomic E-state index is 0.164. The van der Waals surface area contributed by atoms with Crippen molar-refractivity contribution < 1.29 is 4.79 Å². The lowest BCUT2D eigenvalue weighted by atomic mass is 10.2. The molecule has 0 unspecified atom stereocenters. The van der Waals surface area contributed by atoms with E-state index in [4.69, 9.17) is 11.6 Å². The SMILES string of the molecule is Cc1ccc(CC(=O)Nc2c(Cl)ccc3nsnc23)cn1. The molecule has 0 aliphatic rings. The van der Waals surface area contributed by atoms with Gasteiger partial charge < -0.3 is 5.32 Å². The van der Waals surface area contributed by atoms with Gasteiger partial charge in [0.1, 0.15) is 11.0 Å². The van der Waals surface area contributed by atoms with Gasteiger partial charge in [0, 0.05) is 11.9 Å². The summed E-state index contributed by atoms with van der Waals surface area (Å²) in [6.07, 6.45) is 1.93. The van der Waals surface area contributed by atoms with Gasteiger partial charge in [-0.25, -0.2) is 0 Å². The number of hydrogen-bond donors (Lipinski definition) is 1. The van der Waals surface area contributed by atoms with Crippen LogP contribution in [0, 0.1) is 6.92 Å². The van der Waals surface area contributed by atoms with Gasteiger partial charge in [0.25, 0.3) is 0 Å². The molecule has 0 aliphatic heterocycles. The minimum atomic E-state index is -0.164. The molecule has 0 radical (unpaired) electrons. The number of amides is 1. The van der Waals surface area contributed by atoms with Crippen molar-refractivity contribution in [1.29, 1.82) is 0 Å². The van der Waals surface area contributed by atoms with Crippen LogP contribution in [0.3, 0.4) is 0 Å². The van der Waals surface area contributed by atoms with E-state index >= 15 is 0 Å². The monoisotopic (exact) mass is 318 g/mol. The topological polar surface area (TPSA) is 67.8 Å². The average Bonchev–Trinajstić information content (AvgIpc) is 2.93. The van der Waals surface area contributed by atoms with Gasteiger partial charge in [-0.2, -0.15) is 8.75 Å². The Kier molecular flexibility index (Phi) is 3.81. The number of carbonyl (C=O) groups excluding carboxylic acids is 1. The zero-order chi connectivity index (χ0) is 14.8. The molecule has 0 aliphatic carbocycles. The number of nitrogens with zero attached hydrogens (tertiary/aromatic N) is 3. The molecule has 0 fully saturated rings.